The van der Waals surface area contributed by atoms with E-state index >= 15 is 0 Å². The molecule has 1 saturated heterocycles. The Hall–Kier alpha value is -2.85. The quantitative estimate of drug-likeness (QED) is 0.293. The summed E-state index contributed by atoms with van der Waals surface area (Å²) in [4.78, 5) is 48.2. The Labute approximate surface area is 184 Å². The van der Waals surface area contributed by atoms with E-state index in [0.717, 1.165) is 0 Å². The van der Waals surface area contributed by atoms with Crippen molar-refractivity contribution in [1.29, 1.82) is 0 Å². The van der Waals surface area contributed by atoms with Crippen LogP contribution in [-0.4, -0.2) is 65.3 Å². The molecule has 1 fully saturated rings. The Morgan fingerprint density at radius 1 is 1.19 bits per heavy atom. The van der Waals surface area contributed by atoms with Crippen molar-refractivity contribution in [3.05, 3.63) is 34.9 Å². The number of carbonyl (C=O) groups excluding carboxylic acids is 3. The van der Waals surface area contributed by atoms with Gasteiger partial charge < -0.3 is 31.5 Å². The number of carbonyl (C=O) groups is 4. The molecule has 0 aliphatic carbocycles. The van der Waals surface area contributed by atoms with Gasteiger partial charge in [0.1, 0.15) is 6.04 Å². The van der Waals surface area contributed by atoms with Gasteiger partial charge in [-0.15, -0.1) is 0 Å². The molecule has 0 saturated carbocycles. The van der Waals surface area contributed by atoms with E-state index in [1.807, 2.05) is 0 Å². The predicted molar refractivity (Wildman–Crippen MR) is 112 cm³/mol. The summed E-state index contributed by atoms with van der Waals surface area (Å²) in [6.45, 7) is 2.43. The molecule has 31 heavy (non-hydrogen) atoms. The number of aliphatic hydroxyl groups excluding tert-OH is 1. The predicted octanol–water partition coefficient (Wildman–Crippen LogP) is 0.0267. The van der Waals surface area contributed by atoms with Crippen molar-refractivity contribution in [3.8, 4) is 0 Å². The molecule has 0 spiro atoms. The van der Waals surface area contributed by atoms with E-state index in [-0.39, 0.29) is 25.3 Å². The molecule has 11 heteroatoms. The Bertz CT molecular complexity index is 803. The van der Waals surface area contributed by atoms with Gasteiger partial charge >= 0.3 is 6.09 Å². The first-order valence-electron chi connectivity index (χ1n) is 9.99. The van der Waals surface area contributed by atoms with Gasteiger partial charge in [-0.25, -0.2) is 4.79 Å². The van der Waals surface area contributed by atoms with Gasteiger partial charge in [-0.1, -0.05) is 23.7 Å². The van der Waals surface area contributed by atoms with Crippen LogP contribution in [0.15, 0.2) is 24.3 Å². The van der Waals surface area contributed by atoms with Gasteiger partial charge in [0, 0.05) is 30.5 Å². The second kappa shape index (κ2) is 11.5. The molecule has 1 aromatic carbocycles. The van der Waals surface area contributed by atoms with Crippen LogP contribution < -0.4 is 21.3 Å². The number of carboxylic acid groups (broad SMARTS) is 1. The summed E-state index contributed by atoms with van der Waals surface area (Å²) in [5.41, 5.74) is 0.661. The summed E-state index contributed by atoms with van der Waals surface area (Å²) < 4.78 is 0. The molecule has 10 nitrogen and oxygen atoms in total. The second-order valence-electron chi connectivity index (χ2n) is 7.30. The first-order valence-corrected chi connectivity index (χ1v) is 10.4. The van der Waals surface area contributed by atoms with Crippen LogP contribution in [0.3, 0.4) is 0 Å². The van der Waals surface area contributed by atoms with Gasteiger partial charge in [-0.3, -0.25) is 14.4 Å². The van der Waals surface area contributed by atoms with E-state index in [0.29, 0.717) is 23.6 Å². The van der Waals surface area contributed by atoms with Crippen LogP contribution in [0.25, 0.3) is 0 Å². The largest absolute Gasteiger partial charge is 0.465 e. The zero-order valence-electron chi connectivity index (χ0n) is 17.1. The van der Waals surface area contributed by atoms with Crippen LogP contribution in [0, 0.1) is 5.92 Å². The van der Waals surface area contributed by atoms with Crippen molar-refractivity contribution in [2.24, 2.45) is 5.92 Å². The molecule has 1 aromatic rings. The minimum Gasteiger partial charge on any atom is -0.465 e. The fourth-order valence-corrected chi connectivity index (χ4v) is 3.53. The maximum absolute atomic E-state index is 12.9. The zero-order valence-corrected chi connectivity index (χ0v) is 17.8. The summed E-state index contributed by atoms with van der Waals surface area (Å²) in [7, 11) is 0. The highest BCUT2D eigenvalue weighted by atomic mass is 35.5. The van der Waals surface area contributed by atoms with Crippen LogP contribution >= 0.6 is 11.6 Å². The average Bonchev–Trinajstić information content (AvgIpc) is 3.12. The smallest absolute Gasteiger partial charge is 0.405 e. The second-order valence-corrected chi connectivity index (χ2v) is 7.74. The van der Waals surface area contributed by atoms with Gasteiger partial charge in [0.05, 0.1) is 6.04 Å². The molecule has 2 rings (SSSR count). The monoisotopic (exact) mass is 454 g/mol. The normalized spacial score (nSPS) is 18.4. The average molecular weight is 455 g/mol. The number of hydrogen-bond donors (Lipinski definition) is 6. The molecule has 0 radical (unpaired) electrons. The topological polar surface area (TPSA) is 157 Å². The number of aliphatic hydroxyl groups is 1. The summed E-state index contributed by atoms with van der Waals surface area (Å²) in [5, 5.41) is 30.0. The minimum absolute atomic E-state index is 0.0309. The lowest BCUT2D eigenvalue weighted by atomic mass is 9.94. The van der Waals surface area contributed by atoms with Crippen LogP contribution in [0.1, 0.15) is 25.3 Å². The summed E-state index contributed by atoms with van der Waals surface area (Å²) >= 11 is 5.86. The van der Waals surface area contributed by atoms with Crippen LogP contribution in [-0.2, 0) is 20.8 Å². The van der Waals surface area contributed by atoms with Gasteiger partial charge in [0.25, 0.3) is 5.91 Å². The van der Waals surface area contributed by atoms with Gasteiger partial charge in [0.2, 0.25) is 11.8 Å². The lowest BCUT2D eigenvalue weighted by Gasteiger charge is -2.27. The van der Waals surface area contributed by atoms with Gasteiger partial charge in [-0.05, 0) is 37.5 Å². The summed E-state index contributed by atoms with van der Waals surface area (Å²) in [5.74, 6) is -2.10. The maximum atomic E-state index is 12.9. The number of likely N-dealkylation sites (N-methyl/N-ethyl adjacent to an activating group) is 1. The van der Waals surface area contributed by atoms with Crippen LogP contribution in [0.5, 0.6) is 0 Å². The standard InChI is InChI=1S/C20H27ClN4O6/c1-2-22-19(29)16(26)14(10-12-7-8-23-17(12)27)24-18(28)15(25-20(30)31)9-11-3-5-13(21)6-4-11/h3-6,12,14-16,25-26H,2,7-10H2,1H3,(H,22,29)(H,23,27)(H,24,28)(H,30,31)/t12-,14-,15-,16?/m0/s1. The molecule has 1 aliphatic rings. The van der Waals surface area contributed by atoms with E-state index in [2.05, 4.69) is 21.3 Å². The van der Waals surface area contributed by atoms with Gasteiger partial charge in [-0.2, -0.15) is 0 Å². The van der Waals surface area contributed by atoms with E-state index in [1.165, 1.54) is 0 Å². The molecule has 4 amide bonds. The molecule has 1 heterocycles. The first-order chi connectivity index (χ1) is 14.7. The molecular formula is C20H27ClN4O6. The van der Waals surface area contributed by atoms with E-state index in [9.17, 15) is 24.3 Å². The molecule has 1 unspecified atom stereocenters. The fraction of sp³-hybridized carbons (Fsp3) is 0.500. The molecule has 4 atom stereocenters. The molecular weight excluding hydrogens is 428 g/mol. The molecule has 0 aromatic heterocycles. The van der Waals surface area contributed by atoms with Crippen LogP contribution in [0.4, 0.5) is 4.79 Å². The van der Waals surface area contributed by atoms with Crippen LogP contribution in [0.2, 0.25) is 5.02 Å². The molecule has 170 valence electrons. The van der Waals surface area contributed by atoms with Crippen molar-refractivity contribution < 1.29 is 29.4 Å². The highest BCUT2D eigenvalue weighted by Crippen LogP contribution is 2.18. The highest BCUT2D eigenvalue weighted by molar-refractivity contribution is 6.30. The first kappa shape index (κ1) is 24.4. The SMILES string of the molecule is CCNC(=O)C(O)[C@H](C[C@@H]1CCNC1=O)NC(=O)[C@H](Cc1ccc(Cl)cc1)NC(=O)O. The van der Waals surface area contributed by atoms with Gasteiger partial charge in [0.15, 0.2) is 6.10 Å². The number of benzene rings is 1. The molecule has 1 aliphatic heterocycles. The van der Waals surface area contributed by atoms with E-state index < -0.39 is 42.0 Å². The van der Waals surface area contributed by atoms with Crippen molar-refractivity contribution in [2.45, 2.75) is 44.4 Å². The number of rotatable bonds is 10. The zero-order chi connectivity index (χ0) is 23.0. The van der Waals surface area contributed by atoms with Crippen molar-refractivity contribution in [1.82, 2.24) is 21.3 Å². The molecule has 6 N–H and O–H groups in total. The number of halogens is 1. The minimum atomic E-state index is -1.60. The number of nitrogens with one attached hydrogen (secondary N) is 4. The Balaban J connectivity index is 2.17. The number of hydrogen-bond acceptors (Lipinski definition) is 5. The lowest BCUT2D eigenvalue weighted by Crippen LogP contribution is -2.56. The summed E-state index contributed by atoms with van der Waals surface area (Å²) in [6, 6.07) is 4.31. The third-order valence-electron chi connectivity index (χ3n) is 5.00. The van der Waals surface area contributed by atoms with Crippen molar-refractivity contribution in [2.75, 3.05) is 13.1 Å². The Kier molecular flexibility index (Phi) is 9.07. The summed E-state index contributed by atoms with van der Waals surface area (Å²) in [6.07, 6.45) is -2.42. The molecule has 0 bridgehead atoms. The third kappa shape index (κ3) is 7.41. The third-order valence-corrected chi connectivity index (χ3v) is 5.25. The lowest BCUT2D eigenvalue weighted by molar-refractivity contribution is -0.134. The maximum Gasteiger partial charge on any atom is 0.405 e. The Morgan fingerprint density at radius 2 is 1.87 bits per heavy atom. The Morgan fingerprint density at radius 3 is 2.42 bits per heavy atom. The van der Waals surface area contributed by atoms with E-state index in [4.69, 9.17) is 16.7 Å². The van der Waals surface area contributed by atoms with Crippen molar-refractivity contribution in [3.63, 3.8) is 0 Å². The van der Waals surface area contributed by atoms with E-state index in [1.54, 1.807) is 31.2 Å². The number of amides is 4. The fourth-order valence-electron chi connectivity index (χ4n) is 3.40. The van der Waals surface area contributed by atoms with Crippen molar-refractivity contribution >= 4 is 35.4 Å². The highest BCUT2D eigenvalue weighted by Gasteiger charge is 2.35.